The summed E-state index contributed by atoms with van der Waals surface area (Å²) in [6.07, 6.45) is 0. The fourth-order valence-electron chi connectivity index (χ4n) is 0.109. The molecule has 0 radical (unpaired) electrons. The van der Waals surface area contributed by atoms with Crippen molar-refractivity contribution >= 4 is 37.6 Å². The number of hydrogen-bond donors (Lipinski definition) is 0. The summed E-state index contributed by atoms with van der Waals surface area (Å²) < 4.78 is 0. The van der Waals surface area contributed by atoms with Gasteiger partial charge in [0.2, 0.25) is 0 Å². The van der Waals surface area contributed by atoms with E-state index in [9.17, 15) is 4.79 Å². The molecule has 0 saturated carbocycles. The van der Waals surface area contributed by atoms with E-state index in [1.165, 1.54) is 0 Å². The molecule has 0 spiro atoms. The summed E-state index contributed by atoms with van der Waals surface area (Å²) in [5, 5.41) is 0.697. The lowest BCUT2D eigenvalue weighted by atomic mass is 10.4. The second-order valence-electron chi connectivity index (χ2n) is 1.23. The van der Waals surface area contributed by atoms with E-state index in [2.05, 4.69) is 31.9 Å². The number of ketones is 1. The van der Waals surface area contributed by atoms with E-state index in [4.69, 9.17) is 0 Å². The van der Waals surface area contributed by atoms with Gasteiger partial charge in [0, 0.05) is 5.33 Å². The normalized spacial score (nSPS) is 13.6. The Labute approximate surface area is 59.7 Å². The van der Waals surface area contributed by atoms with Gasteiger partial charge in [-0.15, -0.1) is 0 Å². The molecule has 0 aliphatic heterocycles. The van der Waals surface area contributed by atoms with Gasteiger partial charge in [0.05, 0.1) is 4.83 Å². The van der Waals surface area contributed by atoms with E-state index in [1.807, 2.05) is 0 Å². The molecule has 3 heteroatoms. The Bertz CT molecular complexity index is 72.1. The van der Waals surface area contributed by atoms with E-state index >= 15 is 0 Å². The van der Waals surface area contributed by atoms with Crippen LogP contribution in [0.5, 0.6) is 0 Å². The van der Waals surface area contributed by atoms with Gasteiger partial charge >= 0.3 is 0 Å². The van der Waals surface area contributed by atoms with Gasteiger partial charge in [-0.05, 0) is 6.92 Å². The van der Waals surface area contributed by atoms with Crippen LogP contribution >= 0.6 is 31.9 Å². The Hall–Kier alpha value is 0.630. The molecule has 0 aromatic carbocycles. The lowest BCUT2D eigenvalue weighted by Gasteiger charge is -1.94. The Kier molecular flexibility index (Phi) is 3.93. The molecular weight excluding hydrogens is 224 g/mol. The third kappa shape index (κ3) is 3.23. The van der Waals surface area contributed by atoms with Crippen molar-refractivity contribution in [1.82, 2.24) is 0 Å². The maximum Gasteiger partial charge on any atom is 0.144 e. The molecule has 7 heavy (non-hydrogen) atoms. The quantitative estimate of drug-likeness (QED) is 0.660. The van der Waals surface area contributed by atoms with Crippen LogP contribution in [-0.4, -0.2) is 15.9 Å². The van der Waals surface area contributed by atoms with Gasteiger partial charge in [-0.1, -0.05) is 31.9 Å². The lowest BCUT2D eigenvalue weighted by molar-refractivity contribution is -0.116. The van der Waals surface area contributed by atoms with Crippen LogP contribution in [0.4, 0.5) is 0 Å². The number of carbonyl (C=O) groups excluding carboxylic acids is 1. The molecule has 1 nitrogen and oxygen atoms in total. The fraction of sp³-hybridized carbons (Fsp3) is 0.750. The summed E-state index contributed by atoms with van der Waals surface area (Å²) in [7, 11) is 0. The third-order valence-electron chi connectivity index (χ3n) is 0.577. The van der Waals surface area contributed by atoms with E-state index in [-0.39, 0.29) is 10.6 Å². The average Bonchev–Trinajstić information content (AvgIpc) is 1.65. The topological polar surface area (TPSA) is 17.1 Å². The second-order valence-corrected chi connectivity index (χ2v) is 2.99. The molecule has 0 bridgehead atoms. The zero-order chi connectivity index (χ0) is 5.86. The van der Waals surface area contributed by atoms with E-state index in [1.54, 1.807) is 6.92 Å². The summed E-state index contributed by atoms with van der Waals surface area (Å²) in [5.41, 5.74) is 0. The van der Waals surface area contributed by atoms with Gasteiger partial charge < -0.3 is 0 Å². The molecule has 0 N–H and O–H groups in total. The zero-order valence-corrected chi connectivity index (χ0v) is 7.12. The van der Waals surface area contributed by atoms with Gasteiger partial charge in [-0.25, -0.2) is 0 Å². The second kappa shape index (κ2) is 3.61. The predicted octanol–water partition coefficient (Wildman–Crippen LogP) is 1.73. The van der Waals surface area contributed by atoms with Crippen molar-refractivity contribution in [3.63, 3.8) is 0 Å². The number of halogens is 2. The molecule has 0 saturated heterocycles. The van der Waals surface area contributed by atoms with Crippen LogP contribution in [0.2, 0.25) is 0 Å². The van der Waals surface area contributed by atoms with Crippen LogP contribution < -0.4 is 0 Å². The minimum absolute atomic E-state index is 0.00694. The van der Waals surface area contributed by atoms with Gasteiger partial charge in [0.15, 0.2) is 0 Å². The predicted molar refractivity (Wildman–Crippen MR) is 37.2 cm³/mol. The molecule has 0 aromatic rings. The van der Waals surface area contributed by atoms with E-state index < -0.39 is 0 Å². The van der Waals surface area contributed by atoms with Crippen molar-refractivity contribution in [3.8, 4) is 0 Å². The maximum atomic E-state index is 10.3. The standard InChI is InChI=1S/C4H6Br2O/c1-3(7)4(6)2-5/h4H,2H2,1H3. The van der Waals surface area contributed by atoms with Gasteiger partial charge in [0.1, 0.15) is 5.78 Å². The number of Topliss-reactive ketones (excluding diaryl/α,β-unsaturated/α-hetero) is 1. The third-order valence-corrected chi connectivity index (χ3v) is 3.06. The summed E-state index contributed by atoms with van der Waals surface area (Å²) in [5.74, 6) is 0.164. The molecule has 42 valence electrons. The minimum atomic E-state index is -0.00694. The highest BCUT2D eigenvalue weighted by atomic mass is 79.9. The smallest absolute Gasteiger partial charge is 0.144 e. The van der Waals surface area contributed by atoms with Crippen molar-refractivity contribution in [2.75, 3.05) is 5.33 Å². The highest BCUT2D eigenvalue weighted by Gasteiger charge is 2.04. The minimum Gasteiger partial charge on any atom is -0.299 e. The first-order valence-electron chi connectivity index (χ1n) is 1.89. The number of carbonyl (C=O) groups is 1. The first-order valence-corrected chi connectivity index (χ1v) is 3.92. The maximum absolute atomic E-state index is 10.3. The molecule has 0 aromatic heterocycles. The molecular formula is C4H6Br2O. The molecule has 1 atom stereocenters. The molecule has 0 amide bonds. The van der Waals surface area contributed by atoms with Crippen molar-refractivity contribution in [2.45, 2.75) is 11.8 Å². The van der Waals surface area contributed by atoms with Crippen molar-refractivity contribution < 1.29 is 4.79 Å². The molecule has 1 unspecified atom stereocenters. The first kappa shape index (κ1) is 7.63. The summed E-state index contributed by atoms with van der Waals surface area (Å²) >= 11 is 6.29. The van der Waals surface area contributed by atoms with Crippen LogP contribution in [0, 0.1) is 0 Å². The molecule has 0 aliphatic carbocycles. The summed E-state index contributed by atoms with van der Waals surface area (Å²) in [6.45, 7) is 1.56. The first-order chi connectivity index (χ1) is 3.18. The number of alkyl halides is 2. The van der Waals surface area contributed by atoms with E-state index in [0.717, 1.165) is 0 Å². The Morgan fingerprint density at radius 1 is 1.86 bits per heavy atom. The largest absolute Gasteiger partial charge is 0.299 e. The van der Waals surface area contributed by atoms with Crippen molar-refractivity contribution in [3.05, 3.63) is 0 Å². The van der Waals surface area contributed by atoms with Gasteiger partial charge in [0.25, 0.3) is 0 Å². The number of rotatable bonds is 2. The fourth-order valence-corrected chi connectivity index (χ4v) is 0.565. The van der Waals surface area contributed by atoms with Gasteiger partial charge in [-0.2, -0.15) is 0 Å². The SMILES string of the molecule is CC(=O)C(Br)CBr. The highest BCUT2D eigenvalue weighted by molar-refractivity contribution is 9.12. The van der Waals surface area contributed by atoms with Gasteiger partial charge in [-0.3, -0.25) is 4.79 Å². The molecule has 0 aliphatic rings. The Morgan fingerprint density at radius 3 is 2.29 bits per heavy atom. The summed E-state index contributed by atoms with van der Waals surface area (Å²) in [6, 6.07) is 0. The zero-order valence-electron chi connectivity index (χ0n) is 3.95. The van der Waals surface area contributed by atoms with Crippen LogP contribution in [0.3, 0.4) is 0 Å². The Morgan fingerprint density at radius 2 is 2.29 bits per heavy atom. The molecule has 0 rings (SSSR count). The Balaban J connectivity index is 3.34. The highest BCUT2D eigenvalue weighted by Crippen LogP contribution is 2.03. The van der Waals surface area contributed by atoms with Crippen molar-refractivity contribution in [2.24, 2.45) is 0 Å². The van der Waals surface area contributed by atoms with E-state index in [0.29, 0.717) is 5.33 Å². The molecule has 0 heterocycles. The van der Waals surface area contributed by atoms with Crippen LogP contribution in [0.1, 0.15) is 6.92 Å². The summed E-state index contributed by atoms with van der Waals surface area (Å²) in [4.78, 5) is 10.3. The molecule has 0 fully saturated rings. The van der Waals surface area contributed by atoms with Crippen LogP contribution in [0.15, 0.2) is 0 Å². The van der Waals surface area contributed by atoms with Crippen molar-refractivity contribution in [1.29, 1.82) is 0 Å². The monoisotopic (exact) mass is 228 g/mol. The number of hydrogen-bond acceptors (Lipinski definition) is 1. The lowest BCUT2D eigenvalue weighted by Crippen LogP contribution is -2.09. The van der Waals surface area contributed by atoms with Crippen LogP contribution in [-0.2, 0) is 4.79 Å². The average molecular weight is 230 g/mol. The van der Waals surface area contributed by atoms with Crippen LogP contribution in [0.25, 0.3) is 0 Å².